The van der Waals surface area contributed by atoms with Gasteiger partial charge in [-0.25, -0.2) is 4.79 Å². The van der Waals surface area contributed by atoms with Crippen LogP contribution in [0, 0.1) is 6.92 Å². The van der Waals surface area contributed by atoms with Gasteiger partial charge >= 0.3 is 5.97 Å². The van der Waals surface area contributed by atoms with E-state index in [1.807, 2.05) is 37.3 Å². The zero-order chi connectivity index (χ0) is 18.0. The molecule has 25 heavy (non-hydrogen) atoms. The molecule has 0 bridgehead atoms. The van der Waals surface area contributed by atoms with E-state index in [1.165, 1.54) is 11.3 Å². The Morgan fingerprint density at radius 1 is 1.12 bits per heavy atom. The normalized spacial score (nSPS) is 10.5. The highest BCUT2D eigenvalue weighted by Gasteiger charge is 2.22. The molecule has 1 aromatic heterocycles. The molecule has 0 saturated carbocycles. The maximum absolute atomic E-state index is 12.4. The van der Waals surface area contributed by atoms with Crippen LogP contribution < -0.4 is 5.32 Å². The number of carboxylic acid groups (broad SMARTS) is 1. The molecule has 0 aliphatic heterocycles. The van der Waals surface area contributed by atoms with Gasteiger partial charge < -0.3 is 10.4 Å². The molecule has 0 aliphatic carbocycles. The van der Waals surface area contributed by atoms with E-state index in [-0.39, 0.29) is 11.5 Å². The summed E-state index contributed by atoms with van der Waals surface area (Å²) in [7, 11) is 0. The van der Waals surface area contributed by atoms with E-state index >= 15 is 0 Å². The fourth-order valence-corrected chi connectivity index (χ4v) is 4.13. The van der Waals surface area contributed by atoms with E-state index in [1.54, 1.807) is 23.6 Å². The number of halogens is 1. The van der Waals surface area contributed by atoms with Crippen LogP contribution in [-0.4, -0.2) is 17.0 Å². The van der Waals surface area contributed by atoms with E-state index in [0.717, 1.165) is 15.6 Å². The Hall–Kier alpha value is -2.44. The van der Waals surface area contributed by atoms with Crippen molar-refractivity contribution in [2.45, 2.75) is 6.92 Å². The highest BCUT2D eigenvalue weighted by atomic mass is 79.9. The number of anilines is 1. The average molecular weight is 416 g/mol. The zero-order valence-corrected chi connectivity index (χ0v) is 15.6. The van der Waals surface area contributed by atoms with Crippen molar-refractivity contribution in [1.82, 2.24) is 0 Å². The summed E-state index contributed by atoms with van der Waals surface area (Å²) in [5, 5.41) is 14.0. The zero-order valence-electron chi connectivity index (χ0n) is 13.2. The summed E-state index contributed by atoms with van der Waals surface area (Å²) in [5.74, 6) is -1.41. The second-order valence-electron chi connectivity index (χ2n) is 5.46. The highest BCUT2D eigenvalue weighted by Crippen LogP contribution is 2.39. The Morgan fingerprint density at radius 2 is 1.88 bits per heavy atom. The summed E-state index contributed by atoms with van der Waals surface area (Å²) in [6.07, 6.45) is 0. The Bertz CT molecular complexity index is 965. The second-order valence-corrected chi connectivity index (χ2v) is 7.20. The third-order valence-electron chi connectivity index (χ3n) is 3.65. The fraction of sp³-hybridized carbons (Fsp3) is 0.0526. The first-order valence-corrected chi connectivity index (χ1v) is 9.12. The van der Waals surface area contributed by atoms with Gasteiger partial charge in [-0.1, -0.05) is 51.8 Å². The van der Waals surface area contributed by atoms with E-state index < -0.39 is 5.97 Å². The number of amides is 1. The van der Waals surface area contributed by atoms with Gasteiger partial charge in [0.1, 0.15) is 5.56 Å². The first-order valence-electron chi connectivity index (χ1n) is 7.45. The minimum absolute atomic E-state index is 0.0953. The number of carboxylic acids is 1. The Labute approximate surface area is 157 Å². The smallest absolute Gasteiger partial charge is 0.339 e. The van der Waals surface area contributed by atoms with Gasteiger partial charge in [0, 0.05) is 21.0 Å². The lowest BCUT2D eigenvalue weighted by Crippen LogP contribution is -2.14. The number of carbonyl (C=O) groups excluding carboxylic acids is 1. The monoisotopic (exact) mass is 415 g/mol. The van der Waals surface area contributed by atoms with Crippen molar-refractivity contribution in [3.05, 3.63) is 75.1 Å². The molecule has 4 nitrogen and oxygen atoms in total. The minimum Gasteiger partial charge on any atom is -0.478 e. The van der Waals surface area contributed by atoms with Gasteiger partial charge in [0.05, 0.1) is 10.6 Å². The third-order valence-corrected chi connectivity index (χ3v) is 5.36. The fourth-order valence-electron chi connectivity index (χ4n) is 2.49. The van der Waals surface area contributed by atoms with Crippen molar-refractivity contribution in [2.75, 3.05) is 5.32 Å². The average Bonchev–Trinajstić information content (AvgIpc) is 2.99. The van der Waals surface area contributed by atoms with Crippen LogP contribution in [0.15, 0.2) is 58.4 Å². The van der Waals surface area contributed by atoms with E-state index in [4.69, 9.17) is 0 Å². The predicted octanol–water partition coefficient (Wildman–Crippen LogP) is 5.44. The number of carbonyl (C=O) groups is 2. The van der Waals surface area contributed by atoms with Gasteiger partial charge in [-0.2, -0.15) is 0 Å². The minimum atomic E-state index is -1.08. The van der Waals surface area contributed by atoms with Crippen LogP contribution in [-0.2, 0) is 0 Å². The van der Waals surface area contributed by atoms with Crippen LogP contribution in [0.1, 0.15) is 26.3 Å². The molecule has 0 spiro atoms. The summed E-state index contributed by atoms with van der Waals surface area (Å²) in [4.78, 5) is 24.8. The molecule has 1 heterocycles. The summed E-state index contributed by atoms with van der Waals surface area (Å²) in [5.41, 5.74) is 2.63. The maximum atomic E-state index is 12.4. The summed E-state index contributed by atoms with van der Waals surface area (Å²) >= 11 is 4.73. The van der Waals surface area contributed by atoms with Crippen molar-refractivity contribution in [3.8, 4) is 10.4 Å². The molecular formula is C19H14BrNO3S. The number of hydrogen-bond acceptors (Lipinski definition) is 3. The van der Waals surface area contributed by atoms with Gasteiger partial charge in [-0.3, -0.25) is 4.79 Å². The molecule has 3 aromatic rings. The second kappa shape index (κ2) is 7.21. The number of thiophene rings is 1. The standard InChI is InChI=1S/C19H14BrNO3S/c1-11-5-4-6-12(9-11)18(22)21-15-10-25-17(16(15)19(23)24)13-7-2-3-8-14(13)20/h2-10H,1H3,(H,21,22)(H,23,24). The van der Waals surface area contributed by atoms with Gasteiger partial charge in [0.15, 0.2) is 0 Å². The topological polar surface area (TPSA) is 66.4 Å². The molecule has 2 N–H and O–H groups in total. The lowest BCUT2D eigenvalue weighted by atomic mass is 10.1. The molecule has 1 amide bonds. The number of aromatic carboxylic acids is 1. The molecular weight excluding hydrogens is 402 g/mol. The van der Waals surface area contributed by atoms with Crippen molar-refractivity contribution in [3.63, 3.8) is 0 Å². The van der Waals surface area contributed by atoms with Crippen LogP contribution in [0.4, 0.5) is 5.69 Å². The largest absolute Gasteiger partial charge is 0.478 e. The molecule has 2 aromatic carbocycles. The highest BCUT2D eigenvalue weighted by molar-refractivity contribution is 9.10. The summed E-state index contributed by atoms with van der Waals surface area (Å²) in [6, 6.07) is 14.6. The van der Waals surface area contributed by atoms with Crippen molar-refractivity contribution < 1.29 is 14.7 Å². The van der Waals surface area contributed by atoms with Crippen LogP contribution in [0.2, 0.25) is 0 Å². The van der Waals surface area contributed by atoms with Crippen LogP contribution >= 0.6 is 27.3 Å². The molecule has 0 saturated heterocycles. The molecule has 0 unspecified atom stereocenters. The quantitative estimate of drug-likeness (QED) is 0.596. The Kier molecular flexibility index (Phi) is 5.01. The van der Waals surface area contributed by atoms with Crippen molar-refractivity contribution in [1.29, 1.82) is 0 Å². The van der Waals surface area contributed by atoms with E-state index in [0.29, 0.717) is 16.1 Å². The maximum Gasteiger partial charge on any atom is 0.339 e. The van der Waals surface area contributed by atoms with Crippen LogP contribution in [0.5, 0.6) is 0 Å². The number of aryl methyl sites for hydroxylation is 1. The molecule has 3 rings (SSSR count). The van der Waals surface area contributed by atoms with Crippen LogP contribution in [0.3, 0.4) is 0 Å². The molecule has 0 aliphatic rings. The third kappa shape index (κ3) is 3.65. The Balaban J connectivity index is 1.99. The summed E-state index contributed by atoms with van der Waals surface area (Å²) in [6.45, 7) is 1.90. The molecule has 6 heteroatoms. The number of nitrogens with one attached hydrogen (secondary N) is 1. The molecule has 0 fully saturated rings. The SMILES string of the molecule is Cc1cccc(C(=O)Nc2csc(-c3ccccc3Br)c2C(=O)O)c1. The van der Waals surface area contributed by atoms with Crippen molar-refractivity contribution in [2.24, 2.45) is 0 Å². The lowest BCUT2D eigenvalue weighted by Gasteiger charge is -2.07. The van der Waals surface area contributed by atoms with Gasteiger partial charge in [0.25, 0.3) is 5.91 Å². The number of hydrogen-bond donors (Lipinski definition) is 2. The van der Waals surface area contributed by atoms with E-state index in [9.17, 15) is 14.7 Å². The Morgan fingerprint density at radius 3 is 2.56 bits per heavy atom. The van der Waals surface area contributed by atoms with E-state index in [2.05, 4.69) is 21.2 Å². The number of rotatable bonds is 4. The number of benzene rings is 2. The van der Waals surface area contributed by atoms with Gasteiger partial charge in [-0.15, -0.1) is 11.3 Å². The first kappa shape index (κ1) is 17.4. The first-order chi connectivity index (χ1) is 12.0. The predicted molar refractivity (Wildman–Crippen MR) is 104 cm³/mol. The van der Waals surface area contributed by atoms with Gasteiger partial charge in [-0.05, 0) is 25.1 Å². The molecule has 0 atom stereocenters. The van der Waals surface area contributed by atoms with Crippen molar-refractivity contribution >= 4 is 44.8 Å². The van der Waals surface area contributed by atoms with Gasteiger partial charge in [0.2, 0.25) is 0 Å². The summed E-state index contributed by atoms with van der Waals surface area (Å²) < 4.78 is 0.802. The molecule has 126 valence electrons. The lowest BCUT2D eigenvalue weighted by molar-refractivity contribution is 0.0699. The molecule has 0 radical (unpaired) electrons. The van der Waals surface area contributed by atoms with Crippen LogP contribution in [0.25, 0.3) is 10.4 Å².